The Balaban J connectivity index is 1.50. The van der Waals surface area contributed by atoms with Gasteiger partial charge < -0.3 is 15.4 Å². The summed E-state index contributed by atoms with van der Waals surface area (Å²) in [7, 11) is 0. The first-order valence-electron chi connectivity index (χ1n) is 10.6. The van der Waals surface area contributed by atoms with Crippen molar-refractivity contribution in [2.75, 3.05) is 10.6 Å². The minimum Gasteiger partial charge on any atom is -0.479 e. The lowest BCUT2D eigenvalue weighted by Gasteiger charge is -2.23. The number of aromatic nitrogens is 2. The van der Waals surface area contributed by atoms with Gasteiger partial charge in [-0.1, -0.05) is 42.0 Å². The Morgan fingerprint density at radius 2 is 1.88 bits per heavy atom. The normalized spacial score (nSPS) is 14.7. The number of ether oxygens (including phenoxy) is 1. The van der Waals surface area contributed by atoms with Crippen LogP contribution in [0.5, 0.6) is 5.75 Å². The molecule has 2 heterocycles. The van der Waals surface area contributed by atoms with Crippen molar-refractivity contribution in [3.05, 3.63) is 90.1 Å². The van der Waals surface area contributed by atoms with Crippen molar-refractivity contribution >= 4 is 23.2 Å². The van der Waals surface area contributed by atoms with Crippen molar-refractivity contribution in [1.82, 2.24) is 9.78 Å². The predicted molar refractivity (Wildman–Crippen MR) is 127 cm³/mol. The zero-order valence-corrected chi connectivity index (χ0v) is 18.2. The average molecular weight is 438 g/mol. The number of carbonyl (C=O) groups excluding carboxylic acids is 2. The molecule has 33 heavy (non-hydrogen) atoms. The molecule has 7 heteroatoms. The minimum absolute atomic E-state index is 0.225. The van der Waals surface area contributed by atoms with Crippen LogP contribution < -0.4 is 15.4 Å². The summed E-state index contributed by atoms with van der Waals surface area (Å²) in [5.74, 6) is 0.0411. The molecule has 0 radical (unpaired) electrons. The molecule has 0 spiro atoms. The maximum Gasteiger partial charge on any atom is 0.265 e. The lowest BCUT2D eigenvalue weighted by atomic mass is 10.1. The molecule has 1 aliphatic heterocycles. The van der Waals surface area contributed by atoms with Crippen molar-refractivity contribution < 1.29 is 14.3 Å². The highest BCUT2D eigenvalue weighted by Crippen LogP contribution is 2.33. The van der Waals surface area contributed by atoms with E-state index in [1.54, 1.807) is 36.0 Å². The van der Waals surface area contributed by atoms with Crippen LogP contribution in [0, 0.1) is 6.92 Å². The second-order valence-corrected chi connectivity index (χ2v) is 7.96. The van der Waals surface area contributed by atoms with Gasteiger partial charge >= 0.3 is 0 Å². The van der Waals surface area contributed by atoms with Crippen molar-refractivity contribution in [3.63, 3.8) is 0 Å². The summed E-state index contributed by atoms with van der Waals surface area (Å²) in [6.45, 7) is 3.69. The largest absolute Gasteiger partial charge is 0.479 e. The van der Waals surface area contributed by atoms with Gasteiger partial charge in [-0.3, -0.25) is 9.59 Å². The highest BCUT2D eigenvalue weighted by Gasteiger charge is 2.24. The third-order valence-electron chi connectivity index (χ3n) is 5.44. The first kappa shape index (κ1) is 20.5. The van der Waals surface area contributed by atoms with Crippen LogP contribution in [0.4, 0.5) is 11.4 Å². The molecule has 7 nitrogen and oxygen atoms in total. The van der Waals surface area contributed by atoms with Crippen LogP contribution in [0.15, 0.2) is 79.0 Å². The number of fused-ring (bicyclic) bond motifs is 1. The van der Waals surface area contributed by atoms with Gasteiger partial charge in [-0.15, -0.1) is 0 Å². The van der Waals surface area contributed by atoms with E-state index in [-0.39, 0.29) is 11.8 Å². The van der Waals surface area contributed by atoms with Crippen LogP contribution >= 0.6 is 0 Å². The molecule has 3 aromatic carbocycles. The fraction of sp³-hybridized carbons (Fsp3) is 0.115. The lowest BCUT2D eigenvalue weighted by molar-refractivity contribution is -0.122. The molecular formula is C26H22N4O3. The summed E-state index contributed by atoms with van der Waals surface area (Å²) < 4.78 is 7.29. The average Bonchev–Trinajstić information content (AvgIpc) is 3.26. The van der Waals surface area contributed by atoms with E-state index in [0.29, 0.717) is 28.4 Å². The second-order valence-electron chi connectivity index (χ2n) is 7.96. The fourth-order valence-corrected chi connectivity index (χ4v) is 3.74. The number of nitrogens with zero attached hydrogens (tertiary/aromatic N) is 2. The molecule has 0 saturated heterocycles. The summed E-state index contributed by atoms with van der Waals surface area (Å²) in [6, 6.07) is 22.7. The predicted octanol–water partition coefficient (Wildman–Crippen LogP) is 4.82. The van der Waals surface area contributed by atoms with E-state index in [0.717, 1.165) is 16.8 Å². The SMILES string of the molecule is Cc1cccc(-c2nn(-c3ccccc3)cc2C(=O)Nc2ccc3c(c2)NC(=O)C(C)O3)c1. The molecule has 4 aromatic rings. The summed E-state index contributed by atoms with van der Waals surface area (Å²) >= 11 is 0. The van der Waals surface area contributed by atoms with Gasteiger partial charge in [-0.05, 0) is 50.2 Å². The maximum atomic E-state index is 13.3. The fourth-order valence-electron chi connectivity index (χ4n) is 3.74. The van der Waals surface area contributed by atoms with Gasteiger partial charge in [-0.2, -0.15) is 5.10 Å². The molecule has 2 N–H and O–H groups in total. The van der Waals surface area contributed by atoms with E-state index in [9.17, 15) is 9.59 Å². The minimum atomic E-state index is -0.557. The van der Waals surface area contributed by atoms with Crippen LogP contribution in [-0.2, 0) is 4.79 Å². The Labute approximate surface area is 191 Å². The second kappa shape index (κ2) is 8.27. The molecule has 1 unspecified atom stereocenters. The Bertz CT molecular complexity index is 1360. The number of benzene rings is 3. The molecule has 0 fully saturated rings. The maximum absolute atomic E-state index is 13.3. The van der Waals surface area contributed by atoms with Crippen molar-refractivity contribution in [2.24, 2.45) is 0 Å². The summed E-state index contributed by atoms with van der Waals surface area (Å²) in [4.78, 5) is 25.3. The molecule has 1 aromatic heterocycles. The summed E-state index contributed by atoms with van der Waals surface area (Å²) in [6.07, 6.45) is 1.17. The van der Waals surface area contributed by atoms with Crippen molar-refractivity contribution in [3.8, 4) is 22.7 Å². The van der Waals surface area contributed by atoms with Gasteiger partial charge in [0.2, 0.25) is 0 Å². The van der Waals surface area contributed by atoms with E-state index in [4.69, 9.17) is 9.84 Å². The zero-order valence-electron chi connectivity index (χ0n) is 18.2. The van der Waals surface area contributed by atoms with Gasteiger partial charge in [-0.25, -0.2) is 4.68 Å². The molecular weight excluding hydrogens is 416 g/mol. The van der Waals surface area contributed by atoms with E-state index in [1.165, 1.54) is 0 Å². The quantitative estimate of drug-likeness (QED) is 0.478. The highest BCUT2D eigenvalue weighted by molar-refractivity contribution is 6.08. The van der Waals surface area contributed by atoms with E-state index >= 15 is 0 Å². The van der Waals surface area contributed by atoms with Gasteiger partial charge in [0.1, 0.15) is 11.4 Å². The number of aryl methyl sites for hydroxylation is 1. The van der Waals surface area contributed by atoms with Crippen molar-refractivity contribution in [1.29, 1.82) is 0 Å². The monoisotopic (exact) mass is 438 g/mol. The van der Waals surface area contributed by atoms with Gasteiger partial charge in [0.05, 0.1) is 16.9 Å². The van der Waals surface area contributed by atoms with E-state index in [1.807, 2.05) is 61.5 Å². The Morgan fingerprint density at radius 3 is 2.67 bits per heavy atom. The summed E-state index contributed by atoms with van der Waals surface area (Å²) in [5, 5.41) is 10.4. The molecule has 5 rings (SSSR count). The lowest BCUT2D eigenvalue weighted by Crippen LogP contribution is -2.34. The number of nitrogens with one attached hydrogen (secondary N) is 2. The first-order valence-corrected chi connectivity index (χ1v) is 10.6. The number of hydrogen-bond donors (Lipinski definition) is 2. The zero-order chi connectivity index (χ0) is 22.9. The number of hydrogen-bond acceptors (Lipinski definition) is 4. The molecule has 0 saturated carbocycles. The van der Waals surface area contributed by atoms with Crippen molar-refractivity contribution in [2.45, 2.75) is 20.0 Å². The Kier molecular flexibility index (Phi) is 5.14. The molecule has 1 atom stereocenters. The number of carbonyl (C=O) groups is 2. The third-order valence-corrected chi connectivity index (χ3v) is 5.44. The standard InChI is InChI=1S/C26H22N4O3/c1-16-7-6-8-18(13-16)24-21(15-30(29-24)20-9-4-3-5-10-20)26(32)27-19-11-12-23-22(14-19)28-25(31)17(2)33-23/h3-15,17H,1-2H3,(H,27,32)(H,28,31). The molecule has 0 aliphatic carbocycles. The van der Waals surface area contributed by atoms with Gasteiger partial charge in [0.25, 0.3) is 11.8 Å². The molecule has 2 amide bonds. The van der Waals surface area contributed by atoms with Crippen LogP contribution in [-0.4, -0.2) is 27.7 Å². The number of anilines is 2. The van der Waals surface area contributed by atoms with Crippen LogP contribution in [0.2, 0.25) is 0 Å². The van der Waals surface area contributed by atoms with Crippen LogP contribution in [0.3, 0.4) is 0 Å². The van der Waals surface area contributed by atoms with Crippen LogP contribution in [0.1, 0.15) is 22.8 Å². The number of para-hydroxylation sites is 1. The van der Waals surface area contributed by atoms with Crippen LogP contribution in [0.25, 0.3) is 16.9 Å². The smallest absolute Gasteiger partial charge is 0.265 e. The Morgan fingerprint density at radius 1 is 1.06 bits per heavy atom. The topological polar surface area (TPSA) is 85.3 Å². The van der Waals surface area contributed by atoms with Gasteiger partial charge in [0.15, 0.2) is 6.10 Å². The molecule has 1 aliphatic rings. The first-order chi connectivity index (χ1) is 16.0. The molecule has 164 valence electrons. The number of rotatable bonds is 4. The Hall–Kier alpha value is -4.39. The number of amides is 2. The highest BCUT2D eigenvalue weighted by atomic mass is 16.5. The summed E-state index contributed by atoms with van der Waals surface area (Å²) in [5.41, 5.74) is 4.88. The van der Waals surface area contributed by atoms with E-state index in [2.05, 4.69) is 10.6 Å². The third kappa shape index (κ3) is 4.08. The van der Waals surface area contributed by atoms with Gasteiger partial charge in [0, 0.05) is 17.4 Å². The van der Waals surface area contributed by atoms with E-state index < -0.39 is 6.10 Å². The molecule has 0 bridgehead atoms.